The van der Waals surface area contributed by atoms with E-state index in [1.54, 1.807) is 4.68 Å². The summed E-state index contributed by atoms with van der Waals surface area (Å²) in [6.07, 6.45) is 3.39. The average Bonchev–Trinajstić information content (AvgIpc) is 2.67. The molecule has 16 heavy (non-hydrogen) atoms. The maximum atomic E-state index is 4.23. The summed E-state index contributed by atoms with van der Waals surface area (Å²) in [5, 5.41) is 10.4. The Morgan fingerprint density at radius 2 is 2.00 bits per heavy atom. The lowest BCUT2D eigenvalue weighted by Gasteiger charge is -2.08. The van der Waals surface area contributed by atoms with Crippen LogP contribution in [-0.4, -0.2) is 26.8 Å². The molecule has 2 rings (SSSR count). The van der Waals surface area contributed by atoms with Crippen molar-refractivity contribution in [2.24, 2.45) is 7.05 Å². The van der Waals surface area contributed by atoms with E-state index in [1.807, 2.05) is 33.3 Å². The molecule has 0 spiro atoms. The predicted molar refractivity (Wildman–Crippen MR) is 62.8 cm³/mol. The first kappa shape index (κ1) is 10.4. The monoisotopic (exact) mass is 218 g/mol. The van der Waals surface area contributed by atoms with Gasteiger partial charge >= 0.3 is 0 Å². The minimum absolute atomic E-state index is 0.762. The summed E-state index contributed by atoms with van der Waals surface area (Å²) in [6, 6.07) is 1.89. The van der Waals surface area contributed by atoms with Crippen LogP contribution >= 0.6 is 0 Å². The molecule has 0 aromatic carbocycles. The highest BCUT2D eigenvalue weighted by Crippen LogP contribution is 2.20. The summed E-state index contributed by atoms with van der Waals surface area (Å²) in [5.41, 5.74) is 0.968. The Hall–Kier alpha value is -2.11. The lowest BCUT2D eigenvalue weighted by Crippen LogP contribution is -2.03. The fraction of sp³-hybridized carbons (Fsp3) is 0.300. The molecule has 2 heterocycles. The van der Waals surface area contributed by atoms with E-state index >= 15 is 0 Å². The highest BCUT2D eigenvalue weighted by molar-refractivity contribution is 5.61. The fourth-order valence-corrected chi connectivity index (χ4v) is 1.43. The molecule has 0 atom stereocenters. The Morgan fingerprint density at radius 1 is 1.25 bits per heavy atom. The van der Waals surface area contributed by atoms with Crippen LogP contribution in [-0.2, 0) is 7.05 Å². The second kappa shape index (κ2) is 4.18. The third-order valence-corrected chi connectivity index (χ3v) is 2.28. The van der Waals surface area contributed by atoms with E-state index in [4.69, 9.17) is 0 Å². The fourth-order valence-electron chi connectivity index (χ4n) is 1.43. The summed E-state index contributed by atoms with van der Waals surface area (Å²) in [6.45, 7) is 1.96. The largest absolute Gasteiger partial charge is 0.373 e. The van der Waals surface area contributed by atoms with Crippen LogP contribution in [0.1, 0.15) is 5.56 Å². The minimum Gasteiger partial charge on any atom is -0.373 e. The van der Waals surface area contributed by atoms with E-state index < -0.39 is 0 Å². The van der Waals surface area contributed by atoms with E-state index in [9.17, 15) is 0 Å². The van der Waals surface area contributed by atoms with E-state index in [1.165, 1.54) is 6.33 Å². The Bertz CT molecular complexity index is 490. The van der Waals surface area contributed by atoms with Gasteiger partial charge in [0.05, 0.1) is 0 Å². The molecule has 2 aromatic rings. The van der Waals surface area contributed by atoms with E-state index in [2.05, 4.69) is 25.7 Å². The van der Waals surface area contributed by atoms with Gasteiger partial charge in [-0.1, -0.05) is 0 Å². The highest BCUT2D eigenvalue weighted by Gasteiger charge is 2.06. The number of nitrogens with zero attached hydrogens (tertiary/aromatic N) is 4. The molecular weight excluding hydrogens is 204 g/mol. The zero-order valence-electron chi connectivity index (χ0n) is 9.52. The van der Waals surface area contributed by atoms with Gasteiger partial charge in [0.25, 0.3) is 0 Å². The quantitative estimate of drug-likeness (QED) is 0.812. The van der Waals surface area contributed by atoms with Gasteiger partial charge in [-0.2, -0.15) is 5.10 Å². The van der Waals surface area contributed by atoms with Crippen LogP contribution in [0, 0.1) is 6.92 Å². The lowest BCUT2D eigenvalue weighted by atomic mass is 10.3. The molecule has 0 fully saturated rings. The van der Waals surface area contributed by atoms with Gasteiger partial charge < -0.3 is 10.6 Å². The van der Waals surface area contributed by atoms with Crippen molar-refractivity contribution in [2.45, 2.75) is 6.92 Å². The second-order valence-electron chi connectivity index (χ2n) is 3.45. The molecule has 0 radical (unpaired) electrons. The molecule has 2 aromatic heterocycles. The van der Waals surface area contributed by atoms with Crippen molar-refractivity contribution in [3.05, 3.63) is 24.2 Å². The topological polar surface area (TPSA) is 67.7 Å². The molecule has 84 valence electrons. The Kier molecular flexibility index (Phi) is 2.72. The standard InChI is InChI=1S/C10H14N6/c1-7-9(11-2)12-6-13-10(7)14-8-4-5-16(3)15-8/h4-6H,1-3H3,(H2,11,12,13,14,15). The molecular formula is C10H14N6. The van der Waals surface area contributed by atoms with Crippen LogP contribution in [0.3, 0.4) is 0 Å². The van der Waals surface area contributed by atoms with E-state index in [0.717, 1.165) is 23.0 Å². The van der Waals surface area contributed by atoms with Gasteiger partial charge in [0.15, 0.2) is 5.82 Å². The van der Waals surface area contributed by atoms with Gasteiger partial charge in [-0.05, 0) is 6.92 Å². The Morgan fingerprint density at radius 3 is 2.62 bits per heavy atom. The van der Waals surface area contributed by atoms with E-state index in [0.29, 0.717) is 0 Å². The third kappa shape index (κ3) is 1.95. The summed E-state index contributed by atoms with van der Waals surface area (Å²) in [5.74, 6) is 2.35. The van der Waals surface area contributed by atoms with Crippen molar-refractivity contribution in [1.29, 1.82) is 0 Å². The van der Waals surface area contributed by atoms with Gasteiger partial charge in [0.1, 0.15) is 18.0 Å². The normalized spacial score (nSPS) is 10.2. The zero-order chi connectivity index (χ0) is 11.5. The molecule has 0 bridgehead atoms. The Labute approximate surface area is 93.7 Å². The summed E-state index contributed by atoms with van der Waals surface area (Å²) in [7, 11) is 3.71. The van der Waals surface area contributed by atoms with Crippen molar-refractivity contribution in [3.8, 4) is 0 Å². The zero-order valence-corrected chi connectivity index (χ0v) is 9.52. The smallest absolute Gasteiger partial charge is 0.153 e. The molecule has 0 saturated heterocycles. The first-order chi connectivity index (χ1) is 7.70. The van der Waals surface area contributed by atoms with Crippen LogP contribution in [0.5, 0.6) is 0 Å². The first-order valence-electron chi connectivity index (χ1n) is 4.96. The Balaban J connectivity index is 2.28. The third-order valence-electron chi connectivity index (χ3n) is 2.28. The molecule has 0 aliphatic rings. The van der Waals surface area contributed by atoms with Gasteiger partial charge in [0, 0.05) is 31.9 Å². The molecule has 6 heteroatoms. The van der Waals surface area contributed by atoms with Gasteiger partial charge in [-0.15, -0.1) is 0 Å². The lowest BCUT2D eigenvalue weighted by molar-refractivity contribution is 0.771. The SMILES string of the molecule is CNc1ncnc(Nc2ccn(C)n2)c1C. The van der Waals surface area contributed by atoms with Gasteiger partial charge in [0.2, 0.25) is 0 Å². The molecule has 0 saturated carbocycles. The number of rotatable bonds is 3. The molecule has 0 aliphatic carbocycles. The van der Waals surface area contributed by atoms with Crippen LogP contribution in [0.4, 0.5) is 17.5 Å². The number of hydrogen-bond donors (Lipinski definition) is 2. The highest BCUT2D eigenvalue weighted by atomic mass is 15.3. The van der Waals surface area contributed by atoms with Crippen molar-refractivity contribution in [1.82, 2.24) is 19.7 Å². The number of nitrogens with one attached hydrogen (secondary N) is 2. The predicted octanol–water partition coefficient (Wildman–Crippen LogP) is 1.30. The number of hydrogen-bond acceptors (Lipinski definition) is 5. The average molecular weight is 218 g/mol. The van der Waals surface area contributed by atoms with Crippen LogP contribution in [0.15, 0.2) is 18.6 Å². The van der Waals surface area contributed by atoms with Crippen LogP contribution in [0.2, 0.25) is 0 Å². The van der Waals surface area contributed by atoms with Gasteiger partial charge in [-0.25, -0.2) is 9.97 Å². The van der Waals surface area contributed by atoms with E-state index in [-0.39, 0.29) is 0 Å². The molecule has 0 aliphatic heterocycles. The molecule has 2 N–H and O–H groups in total. The summed E-state index contributed by atoms with van der Waals surface area (Å²) < 4.78 is 1.73. The number of anilines is 3. The van der Waals surface area contributed by atoms with Crippen molar-refractivity contribution >= 4 is 17.5 Å². The number of aryl methyl sites for hydroxylation is 1. The minimum atomic E-state index is 0.762. The first-order valence-corrected chi connectivity index (χ1v) is 4.96. The summed E-state index contributed by atoms with van der Waals surface area (Å²) in [4.78, 5) is 8.30. The maximum absolute atomic E-state index is 4.23. The van der Waals surface area contributed by atoms with Crippen LogP contribution < -0.4 is 10.6 Å². The van der Waals surface area contributed by atoms with Crippen molar-refractivity contribution in [3.63, 3.8) is 0 Å². The van der Waals surface area contributed by atoms with Crippen molar-refractivity contribution in [2.75, 3.05) is 17.7 Å². The number of aromatic nitrogens is 4. The molecule has 6 nitrogen and oxygen atoms in total. The maximum Gasteiger partial charge on any atom is 0.153 e. The van der Waals surface area contributed by atoms with Crippen LogP contribution in [0.25, 0.3) is 0 Å². The summed E-state index contributed by atoms with van der Waals surface area (Å²) >= 11 is 0. The van der Waals surface area contributed by atoms with Crippen molar-refractivity contribution < 1.29 is 0 Å². The molecule has 0 unspecified atom stereocenters. The second-order valence-corrected chi connectivity index (χ2v) is 3.45. The molecule has 0 amide bonds. The van der Waals surface area contributed by atoms with Gasteiger partial charge in [-0.3, -0.25) is 4.68 Å².